The van der Waals surface area contributed by atoms with Crippen LogP contribution in [-0.4, -0.2) is 27.3 Å². The van der Waals surface area contributed by atoms with Crippen LogP contribution in [0.5, 0.6) is 0 Å². The van der Waals surface area contributed by atoms with E-state index in [-0.39, 0.29) is 11.7 Å². The van der Waals surface area contributed by atoms with Crippen LogP contribution in [0.1, 0.15) is 26.5 Å². The number of hydrogen-bond donors (Lipinski definition) is 0. The first-order valence-electron chi connectivity index (χ1n) is 8.06. The number of benzene rings is 1. The molecule has 1 aliphatic rings. The molecule has 0 aliphatic carbocycles. The molecule has 0 spiro atoms. The highest BCUT2D eigenvalue weighted by molar-refractivity contribution is 7.12. The number of rotatable bonds is 2. The zero-order valence-electron chi connectivity index (χ0n) is 13.7. The standard InChI is InChI=1S/C19H16FN3OS/c1-12-7-9-25-17(12)19(24)23-8-6-16-14(11-23)10-21-18(22-16)13-2-4-15(20)5-3-13/h2-5,7,9-10H,6,8,11H2,1H3. The highest BCUT2D eigenvalue weighted by Crippen LogP contribution is 2.24. The Balaban J connectivity index is 1.57. The monoisotopic (exact) mass is 353 g/mol. The van der Waals surface area contributed by atoms with Crippen molar-refractivity contribution in [2.45, 2.75) is 19.9 Å². The second kappa shape index (κ2) is 6.37. The quantitative estimate of drug-likeness (QED) is 0.703. The number of halogens is 1. The van der Waals surface area contributed by atoms with Crippen molar-refractivity contribution >= 4 is 17.2 Å². The molecule has 1 aliphatic heterocycles. The van der Waals surface area contributed by atoms with Gasteiger partial charge in [0.05, 0.1) is 10.6 Å². The van der Waals surface area contributed by atoms with Crippen LogP contribution < -0.4 is 0 Å². The predicted octanol–water partition coefficient (Wildman–Crippen LogP) is 3.85. The maximum Gasteiger partial charge on any atom is 0.264 e. The van der Waals surface area contributed by atoms with Crippen molar-refractivity contribution in [1.82, 2.24) is 14.9 Å². The van der Waals surface area contributed by atoms with E-state index < -0.39 is 0 Å². The van der Waals surface area contributed by atoms with Crippen molar-refractivity contribution < 1.29 is 9.18 Å². The van der Waals surface area contributed by atoms with Crippen molar-refractivity contribution in [3.05, 3.63) is 69.4 Å². The molecule has 25 heavy (non-hydrogen) atoms. The molecule has 1 aromatic carbocycles. The Bertz CT molecular complexity index is 936. The van der Waals surface area contributed by atoms with Crippen molar-refractivity contribution in [2.24, 2.45) is 0 Å². The van der Waals surface area contributed by atoms with E-state index in [1.807, 2.05) is 23.3 Å². The Morgan fingerprint density at radius 2 is 2.04 bits per heavy atom. The number of fused-ring (bicyclic) bond motifs is 1. The largest absolute Gasteiger partial charge is 0.333 e. The van der Waals surface area contributed by atoms with Gasteiger partial charge in [0.15, 0.2) is 5.82 Å². The summed E-state index contributed by atoms with van der Waals surface area (Å²) in [6.07, 6.45) is 2.48. The van der Waals surface area contributed by atoms with Gasteiger partial charge in [-0.3, -0.25) is 4.79 Å². The number of hydrogen-bond acceptors (Lipinski definition) is 4. The average Bonchev–Trinajstić information content (AvgIpc) is 3.07. The lowest BCUT2D eigenvalue weighted by molar-refractivity contribution is 0.0737. The van der Waals surface area contributed by atoms with Crippen LogP contribution in [-0.2, 0) is 13.0 Å². The molecular formula is C19H16FN3OS. The van der Waals surface area contributed by atoms with E-state index in [1.54, 1.807) is 18.3 Å². The first-order valence-corrected chi connectivity index (χ1v) is 8.94. The van der Waals surface area contributed by atoms with Gasteiger partial charge >= 0.3 is 0 Å². The van der Waals surface area contributed by atoms with Gasteiger partial charge in [-0.05, 0) is 48.2 Å². The molecule has 4 rings (SSSR count). The summed E-state index contributed by atoms with van der Waals surface area (Å²) >= 11 is 1.48. The summed E-state index contributed by atoms with van der Waals surface area (Å²) in [6, 6.07) is 8.13. The van der Waals surface area contributed by atoms with E-state index in [4.69, 9.17) is 0 Å². The van der Waals surface area contributed by atoms with E-state index in [2.05, 4.69) is 9.97 Å². The maximum absolute atomic E-state index is 13.1. The summed E-state index contributed by atoms with van der Waals surface area (Å²) in [5.41, 5.74) is 3.74. The van der Waals surface area contributed by atoms with Crippen molar-refractivity contribution in [3.63, 3.8) is 0 Å². The summed E-state index contributed by atoms with van der Waals surface area (Å²) < 4.78 is 13.1. The number of carbonyl (C=O) groups excluding carboxylic acids is 1. The average molecular weight is 353 g/mol. The first kappa shape index (κ1) is 15.9. The molecule has 4 nitrogen and oxygen atoms in total. The lowest BCUT2D eigenvalue weighted by atomic mass is 10.1. The summed E-state index contributed by atoms with van der Waals surface area (Å²) in [4.78, 5) is 24.3. The van der Waals surface area contributed by atoms with Gasteiger partial charge in [-0.25, -0.2) is 14.4 Å². The second-order valence-electron chi connectivity index (χ2n) is 6.08. The highest BCUT2D eigenvalue weighted by atomic mass is 32.1. The number of thiophene rings is 1. The molecule has 0 fully saturated rings. The molecule has 126 valence electrons. The Kier molecular flexibility index (Phi) is 4.05. The van der Waals surface area contributed by atoms with Gasteiger partial charge in [0.2, 0.25) is 0 Å². The van der Waals surface area contributed by atoms with Crippen LogP contribution in [0.15, 0.2) is 41.9 Å². The molecule has 0 radical (unpaired) electrons. The highest BCUT2D eigenvalue weighted by Gasteiger charge is 2.25. The fraction of sp³-hybridized carbons (Fsp3) is 0.211. The summed E-state index contributed by atoms with van der Waals surface area (Å²) in [7, 11) is 0. The molecule has 0 bridgehead atoms. The van der Waals surface area contributed by atoms with Crippen LogP contribution in [0.2, 0.25) is 0 Å². The third kappa shape index (κ3) is 3.05. The van der Waals surface area contributed by atoms with Crippen molar-refractivity contribution in [1.29, 1.82) is 0 Å². The Morgan fingerprint density at radius 3 is 2.76 bits per heavy atom. The SMILES string of the molecule is Cc1ccsc1C(=O)N1CCc2nc(-c3ccc(F)cc3)ncc2C1. The Labute approximate surface area is 149 Å². The van der Waals surface area contributed by atoms with Gasteiger partial charge in [-0.2, -0.15) is 0 Å². The third-order valence-electron chi connectivity index (χ3n) is 4.38. The molecule has 0 unspecified atom stereocenters. The van der Waals surface area contributed by atoms with Crippen LogP contribution in [0, 0.1) is 12.7 Å². The lowest BCUT2D eigenvalue weighted by Crippen LogP contribution is -2.36. The zero-order valence-corrected chi connectivity index (χ0v) is 14.5. The lowest BCUT2D eigenvalue weighted by Gasteiger charge is -2.28. The van der Waals surface area contributed by atoms with Gasteiger partial charge in [0.25, 0.3) is 5.91 Å². The van der Waals surface area contributed by atoms with E-state index in [0.29, 0.717) is 25.3 Å². The molecule has 0 atom stereocenters. The molecule has 0 saturated carbocycles. The zero-order chi connectivity index (χ0) is 17.4. The topological polar surface area (TPSA) is 46.1 Å². The van der Waals surface area contributed by atoms with Crippen LogP contribution in [0.3, 0.4) is 0 Å². The number of carbonyl (C=O) groups is 1. The number of amides is 1. The number of aromatic nitrogens is 2. The number of aryl methyl sites for hydroxylation is 1. The fourth-order valence-corrected chi connectivity index (χ4v) is 3.86. The Morgan fingerprint density at radius 1 is 1.24 bits per heavy atom. The molecule has 0 N–H and O–H groups in total. The molecular weight excluding hydrogens is 337 g/mol. The van der Waals surface area contributed by atoms with Crippen LogP contribution in [0.25, 0.3) is 11.4 Å². The minimum absolute atomic E-state index is 0.0701. The summed E-state index contributed by atoms with van der Waals surface area (Å²) in [5.74, 6) is 0.383. The van der Waals surface area contributed by atoms with Crippen molar-refractivity contribution in [3.8, 4) is 11.4 Å². The van der Waals surface area contributed by atoms with Gasteiger partial charge in [0, 0.05) is 36.8 Å². The van der Waals surface area contributed by atoms with Gasteiger partial charge in [-0.15, -0.1) is 11.3 Å². The minimum atomic E-state index is -0.278. The minimum Gasteiger partial charge on any atom is -0.333 e. The van der Waals surface area contributed by atoms with Crippen LogP contribution in [0.4, 0.5) is 4.39 Å². The van der Waals surface area contributed by atoms with Gasteiger partial charge in [0.1, 0.15) is 5.82 Å². The smallest absolute Gasteiger partial charge is 0.264 e. The van der Waals surface area contributed by atoms with E-state index in [1.165, 1.54) is 23.5 Å². The molecule has 3 aromatic rings. The summed E-state index contributed by atoms with van der Waals surface area (Å²) in [6.45, 7) is 3.12. The Hall–Kier alpha value is -2.60. The van der Waals surface area contributed by atoms with Gasteiger partial charge in [-0.1, -0.05) is 0 Å². The maximum atomic E-state index is 13.1. The second-order valence-corrected chi connectivity index (χ2v) is 7.00. The number of nitrogens with zero attached hydrogens (tertiary/aromatic N) is 3. The van der Waals surface area contributed by atoms with Crippen molar-refractivity contribution in [2.75, 3.05) is 6.54 Å². The van der Waals surface area contributed by atoms with E-state index in [9.17, 15) is 9.18 Å². The molecule has 2 aromatic heterocycles. The first-order chi connectivity index (χ1) is 12.1. The van der Waals surface area contributed by atoms with Crippen LogP contribution >= 0.6 is 11.3 Å². The molecule has 6 heteroatoms. The molecule has 3 heterocycles. The normalized spacial score (nSPS) is 13.6. The van der Waals surface area contributed by atoms with Gasteiger partial charge < -0.3 is 4.90 Å². The van der Waals surface area contributed by atoms with E-state index in [0.717, 1.165) is 27.3 Å². The fourth-order valence-electron chi connectivity index (χ4n) is 2.96. The third-order valence-corrected chi connectivity index (χ3v) is 5.38. The van der Waals surface area contributed by atoms with E-state index >= 15 is 0 Å². The predicted molar refractivity (Wildman–Crippen MR) is 94.9 cm³/mol. The molecule has 1 amide bonds. The molecule has 0 saturated heterocycles. The summed E-state index contributed by atoms with van der Waals surface area (Å²) in [5, 5.41) is 1.94.